The Morgan fingerprint density at radius 3 is 2.38 bits per heavy atom. The van der Waals surface area contributed by atoms with Crippen LogP contribution in [0, 0.1) is 0 Å². The Balaban J connectivity index is 1.86. The zero-order valence-electron chi connectivity index (χ0n) is 16.8. The van der Waals surface area contributed by atoms with Crippen LogP contribution < -0.4 is 9.64 Å². The van der Waals surface area contributed by atoms with Crippen molar-refractivity contribution in [3.8, 4) is 17.0 Å². The van der Waals surface area contributed by atoms with E-state index in [1.807, 2.05) is 43.7 Å². The Labute approximate surface area is 180 Å². The van der Waals surface area contributed by atoms with Gasteiger partial charge in [-0.05, 0) is 63.5 Å². The minimum atomic E-state index is -0.0663. The van der Waals surface area contributed by atoms with Crippen LogP contribution in [0.2, 0.25) is 5.02 Å². The highest BCUT2D eigenvalue weighted by atomic mass is 35.5. The van der Waals surface area contributed by atoms with Crippen LogP contribution in [-0.4, -0.2) is 50.1 Å². The quantitative estimate of drug-likeness (QED) is 0.501. The van der Waals surface area contributed by atoms with Crippen molar-refractivity contribution in [1.82, 2.24) is 9.88 Å². The summed E-state index contributed by atoms with van der Waals surface area (Å²) in [5, 5.41) is 3.34. The van der Waals surface area contributed by atoms with E-state index in [-0.39, 0.29) is 5.91 Å². The molecule has 0 saturated carbocycles. The van der Waals surface area contributed by atoms with E-state index in [0.29, 0.717) is 22.3 Å². The molecule has 0 radical (unpaired) electrons. The SMILES string of the molecule is COc1ccc(C(=O)N(CCCN(C)C)c2nc(-c3ccc(Cl)cc3)cs2)cc1. The molecule has 0 aliphatic heterocycles. The minimum absolute atomic E-state index is 0.0663. The first kappa shape index (κ1) is 21.3. The number of halogens is 1. The van der Waals surface area contributed by atoms with E-state index in [1.165, 1.54) is 11.3 Å². The average molecular weight is 430 g/mol. The van der Waals surface area contributed by atoms with Crippen LogP contribution in [0.3, 0.4) is 0 Å². The third-order valence-electron chi connectivity index (χ3n) is 4.43. The fraction of sp³-hybridized carbons (Fsp3) is 0.273. The number of hydrogen-bond acceptors (Lipinski definition) is 5. The van der Waals surface area contributed by atoms with Gasteiger partial charge in [-0.3, -0.25) is 9.69 Å². The molecule has 5 nitrogen and oxygen atoms in total. The third kappa shape index (κ3) is 5.56. The molecule has 0 saturated heterocycles. The van der Waals surface area contributed by atoms with Crippen LogP contribution in [0.5, 0.6) is 5.75 Å². The fourth-order valence-corrected chi connectivity index (χ4v) is 3.84. The fourth-order valence-electron chi connectivity index (χ4n) is 2.86. The Bertz CT molecular complexity index is 939. The number of amides is 1. The molecule has 0 atom stereocenters. The molecular formula is C22H24ClN3O2S. The van der Waals surface area contributed by atoms with Gasteiger partial charge in [0.15, 0.2) is 5.13 Å². The predicted octanol–water partition coefficient (Wildman–Crippen LogP) is 5.07. The van der Waals surface area contributed by atoms with E-state index in [1.54, 1.807) is 36.3 Å². The summed E-state index contributed by atoms with van der Waals surface area (Å²) in [6.07, 6.45) is 0.852. The summed E-state index contributed by atoms with van der Waals surface area (Å²) in [6.45, 7) is 1.48. The second-order valence-corrected chi connectivity index (χ2v) is 8.14. The maximum Gasteiger partial charge on any atom is 0.260 e. The van der Waals surface area contributed by atoms with Gasteiger partial charge in [-0.1, -0.05) is 23.7 Å². The van der Waals surface area contributed by atoms with Crippen LogP contribution in [0.15, 0.2) is 53.9 Å². The number of rotatable bonds is 8. The molecule has 152 valence electrons. The number of methoxy groups -OCH3 is 1. The number of hydrogen-bond donors (Lipinski definition) is 0. The summed E-state index contributed by atoms with van der Waals surface area (Å²) in [6, 6.07) is 14.7. The summed E-state index contributed by atoms with van der Waals surface area (Å²) >= 11 is 7.45. The minimum Gasteiger partial charge on any atom is -0.497 e. The topological polar surface area (TPSA) is 45.7 Å². The Kier molecular flexibility index (Phi) is 7.25. The second-order valence-electron chi connectivity index (χ2n) is 6.86. The zero-order valence-corrected chi connectivity index (χ0v) is 18.3. The van der Waals surface area contributed by atoms with Crippen molar-refractivity contribution in [3.63, 3.8) is 0 Å². The van der Waals surface area contributed by atoms with E-state index in [9.17, 15) is 4.79 Å². The van der Waals surface area contributed by atoms with Crippen LogP contribution in [0.25, 0.3) is 11.3 Å². The Morgan fingerprint density at radius 1 is 1.07 bits per heavy atom. The van der Waals surface area contributed by atoms with Gasteiger partial charge in [0.25, 0.3) is 5.91 Å². The first-order valence-electron chi connectivity index (χ1n) is 9.30. The highest BCUT2D eigenvalue weighted by Crippen LogP contribution is 2.29. The monoisotopic (exact) mass is 429 g/mol. The lowest BCUT2D eigenvalue weighted by atomic mass is 10.2. The molecule has 1 amide bonds. The largest absolute Gasteiger partial charge is 0.497 e. The number of carbonyl (C=O) groups is 1. The molecule has 0 aliphatic carbocycles. The number of thiazole rings is 1. The lowest BCUT2D eigenvalue weighted by Crippen LogP contribution is -2.33. The van der Waals surface area contributed by atoms with Crippen molar-refractivity contribution in [2.75, 3.05) is 39.2 Å². The van der Waals surface area contributed by atoms with Crippen LogP contribution >= 0.6 is 22.9 Å². The highest BCUT2D eigenvalue weighted by molar-refractivity contribution is 7.14. The molecule has 0 spiro atoms. The van der Waals surface area contributed by atoms with E-state index in [4.69, 9.17) is 21.3 Å². The summed E-state index contributed by atoms with van der Waals surface area (Å²) < 4.78 is 5.20. The lowest BCUT2D eigenvalue weighted by molar-refractivity contribution is 0.0986. The second kappa shape index (κ2) is 9.87. The molecule has 0 bridgehead atoms. The van der Waals surface area contributed by atoms with Gasteiger partial charge in [-0.15, -0.1) is 11.3 Å². The summed E-state index contributed by atoms with van der Waals surface area (Å²) in [5.74, 6) is 0.656. The molecule has 29 heavy (non-hydrogen) atoms. The first-order chi connectivity index (χ1) is 14.0. The van der Waals surface area contributed by atoms with Crippen molar-refractivity contribution in [2.24, 2.45) is 0 Å². The van der Waals surface area contributed by atoms with Gasteiger partial charge in [0, 0.05) is 28.1 Å². The molecular weight excluding hydrogens is 406 g/mol. The molecule has 2 aromatic carbocycles. The van der Waals surface area contributed by atoms with E-state index >= 15 is 0 Å². The van der Waals surface area contributed by atoms with Crippen LogP contribution in [-0.2, 0) is 0 Å². The molecule has 0 N–H and O–H groups in total. The molecule has 0 aliphatic rings. The van der Waals surface area contributed by atoms with Gasteiger partial charge in [0.05, 0.1) is 12.8 Å². The Hall–Kier alpha value is -2.41. The molecule has 1 aromatic heterocycles. The van der Waals surface area contributed by atoms with E-state index in [2.05, 4.69) is 4.90 Å². The highest BCUT2D eigenvalue weighted by Gasteiger charge is 2.21. The lowest BCUT2D eigenvalue weighted by Gasteiger charge is -2.21. The van der Waals surface area contributed by atoms with E-state index in [0.717, 1.165) is 30.0 Å². The molecule has 7 heteroatoms. The Morgan fingerprint density at radius 2 is 1.76 bits per heavy atom. The molecule has 0 unspecified atom stereocenters. The summed E-state index contributed by atoms with van der Waals surface area (Å²) in [4.78, 5) is 21.8. The van der Waals surface area contributed by atoms with Gasteiger partial charge in [0.2, 0.25) is 0 Å². The molecule has 1 heterocycles. The number of benzene rings is 2. The van der Waals surface area contributed by atoms with Gasteiger partial charge >= 0.3 is 0 Å². The normalized spacial score (nSPS) is 10.9. The van der Waals surface area contributed by atoms with Gasteiger partial charge in [-0.2, -0.15) is 0 Å². The van der Waals surface area contributed by atoms with E-state index < -0.39 is 0 Å². The zero-order chi connectivity index (χ0) is 20.8. The maximum absolute atomic E-state index is 13.2. The van der Waals surface area contributed by atoms with Gasteiger partial charge in [-0.25, -0.2) is 4.98 Å². The van der Waals surface area contributed by atoms with Crippen molar-refractivity contribution in [1.29, 1.82) is 0 Å². The van der Waals surface area contributed by atoms with Gasteiger partial charge in [0.1, 0.15) is 5.75 Å². The number of carbonyl (C=O) groups excluding carboxylic acids is 1. The average Bonchev–Trinajstić information content (AvgIpc) is 3.21. The van der Waals surface area contributed by atoms with Crippen LogP contribution in [0.4, 0.5) is 5.13 Å². The molecule has 3 aromatic rings. The first-order valence-corrected chi connectivity index (χ1v) is 10.6. The summed E-state index contributed by atoms with van der Waals surface area (Å²) in [5.41, 5.74) is 2.42. The number of ether oxygens (including phenoxy) is 1. The van der Waals surface area contributed by atoms with Crippen molar-refractivity contribution in [3.05, 3.63) is 64.5 Å². The molecule has 3 rings (SSSR count). The van der Waals surface area contributed by atoms with Crippen molar-refractivity contribution >= 4 is 34.0 Å². The standard InChI is InChI=1S/C22H24ClN3O2S/c1-25(2)13-4-14-26(21(27)17-7-11-19(28-3)12-8-17)22-24-20(15-29-22)16-5-9-18(23)10-6-16/h5-12,15H,4,13-14H2,1-3H3. The van der Waals surface area contributed by atoms with Crippen molar-refractivity contribution < 1.29 is 9.53 Å². The smallest absolute Gasteiger partial charge is 0.260 e. The maximum atomic E-state index is 13.2. The number of aromatic nitrogens is 1. The van der Waals surface area contributed by atoms with Crippen molar-refractivity contribution in [2.45, 2.75) is 6.42 Å². The van der Waals surface area contributed by atoms with Crippen LogP contribution in [0.1, 0.15) is 16.8 Å². The summed E-state index contributed by atoms with van der Waals surface area (Å²) in [7, 11) is 5.66. The van der Waals surface area contributed by atoms with Gasteiger partial charge < -0.3 is 9.64 Å². The predicted molar refractivity (Wildman–Crippen MR) is 120 cm³/mol. The number of nitrogens with zero attached hydrogens (tertiary/aromatic N) is 3. The third-order valence-corrected chi connectivity index (χ3v) is 5.55. The molecule has 0 fully saturated rings. The number of anilines is 1.